The zero-order valence-corrected chi connectivity index (χ0v) is 14.0. The van der Waals surface area contributed by atoms with E-state index in [1.54, 1.807) is 0 Å². The van der Waals surface area contributed by atoms with Gasteiger partial charge in [0.2, 0.25) is 5.91 Å². The van der Waals surface area contributed by atoms with E-state index in [0.29, 0.717) is 5.82 Å². The van der Waals surface area contributed by atoms with Gasteiger partial charge in [-0.05, 0) is 44.2 Å². The van der Waals surface area contributed by atoms with Crippen molar-refractivity contribution in [3.05, 3.63) is 18.2 Å². The van der Waals surface area contributed by atoms with E-state index in [2.05, 4.69) is 25.2 Å². The van der Waals surface area contributed by atoms with Crippen LogP contribution >= 0.6 is 7.92 Å². The van der Waals surface area contributed by atoms with E-state index in [9.17, 15) is 4.79 Å². The molecule has 1 saturated heterocycles. The lowest BCUT2D eigenvalue weighted by molar-refractivity contribution is -0.123. The monoisotopic (exact) mass is 292 g/mol. The predicted molar refractivity (Wildman–Crippen MR) is 87.0 cm³/mol. The Hall–Kier alpha value is -0.950. The largest absolute Gasteiger partial charge is 0.310 e. The molecule has 0 aliphatic carbocycles. The van der Waals surface area contributed by atoms with Crippen LogP contribution in [0.4, 0.5) is 5.82 Å². The van der Waals surface area contributed by atoms with Gasteiger partial charge >= 0.3 is 0 Å². The zero-order chi connectivity index (χ0) is 14.9. The van der Waals surface area contributed by atoms with Crippen LogP contribution in [0.5, 0.6) is 0 Å². The van der Waals surface area contributed by atoms with Crippen LogP contribution in [0.2, 0.25) is 0 Å². The Kier molecular flexibility index (Phi) is 4.49. The summed E-state index contributed by atoms with van der Waals surface area (Å²) < 4.78 is 0. The normalized spacial score (nSPS) is 26.6. The molecule has 2 unspecified atom stereocenters. The number of hydrogen-bond acceptors (Lipinski definition) is 2. The van der Waals surface area contributed by atoms with E-state index < -0.39 is 5.41 Å². The number of carbonyl (C=O) groups excluding carboxylic acids is 1. The molecule has 3 nitrogen and oxygen atoms in total. The van der Waals surface area contributed by atoms with Gasteiger partial charge in [-0.2, -0.15) is 0 Å². The summed E-state index contributed by atoms with van der Waals surface area (Å²) in [6, 6.07) is 6.02. The van der Waals surface area contributed by atoms with Gasteiger partial charge in [0.15, 0.2) is 0 Å². The minimum absolute atomic E-state index is 0.0162. The predicted octanol–water partition coefficient (Wildman–Crippen LogP) is 3.74. The number of anilines is 1. The van der Waals surface area contributed by atoms with Crippen molar-refractivity contribution in [1.82, 2.24) is 4.98 Å². The van der Waals surface area contributed by atoms with E-state index in [-0.39, 0.29) is 13.8 Å². The maximum atomic E-state index is 12.0. The van der Waals surface area contributed by atoms with Crippen LogP contribution in [0.1, 0.15) is 47.5 Å². The van der Waals surface area contributed by atoms with Crippen LogP contribution < -0.4 is 10.8 Å². The van der Waals surface area contributed by atoms with Gasteiger partial charge in [0.05, 0.1) is 5.44 Å². The summed E-state index contributed by atoms with van der Waals surface area (Å²) in [6.45, 7) is 10.4. The maximum absolute atomic E-state index is 12.0. The van der Waals surface area contributed by atoms with Crippen molar-refractivity contribution in [1.29, 1.82) is 0 Å². The number of aromatic nitrogens is 1. The number of carbonyl (C=O) groups is 1. The number of amides is 1. The summed E-state index contributed by atoms with van der Waals surface area (Å²) in [7, 11) is -0.194. The quantitative estimate of drug-likeness (QED) is 0.844. The molecule has 0 bridgehead atoms. The molecule has 2 heterocycles. The molecule has 0 saturated carbocycles. The number of hydrogen-bond donors (Lipinski definition) is 1. The summed E-state index contributed by atoms with van der Waals surface area (Å²) >= 11 is 0. The Morgan fingerprint density at radius 3 is 2.40 bits per heavy atom. The fraction of sp³-hybridized carbons (Fsp3) is 0.625. The third kappa shape index (κ3) is 3.38. The molecule has 1 N–H and O–H groups in total. The first-order chi connectivity index (χ1) is 9.29. The first-order valence-corrected chi connectivity index (χ1v) is 8.84. The van der Waals surface area contributed by atoms with Crippen molar-refractivity contribution >= 4 is 25.1 Å². The molecular formula is C16H25N2OP. The van der Waals surface area contributed by atoms with Crippen LogP contribution in [0.3, 0.4) is 0 Å². The van der Waals surface area contributed by atoms with Gasteiger partial charge in [-0.3, -0.25) is 4.79 Å². The van der Waals surface area contributed by atoms with Crippen LogP contribution in [-0.2, 0) is 4.79 Å². The molecule has 2 rings (SSSR count). The lowest BCUT2D eigenvalue weighted by Crippen LogP contribution is -2.29. The molecule has 2 atom stereocenters. The molecule has 0 aromatic carbocycles. The first-order valence-electron chi connectivity index (χ1n) is 7.36. The second-order valence-electron chi connectivity index (χ2n) is 6.77. The molecule has 0 spiro atoms. The Balaban J connectivity index is 2.18. The van der Waals surface area contributed by atoms with Gasteiger partial charge in [0.1, 0.15) is 5.82 Å². The van der Waals surface area contributed by atoms with Crippen molar-refractivity contribution < 1.29 is 4.79 Å². The first kappa shape index (κ1) is 15.4. The fourth-order valence-electron chi connectivity index (χ4n) is 2.59. The topological polar surface area (TPSA) is 42.0 Å². The zero-order valence-electron chi connectivity index (χ0n) is 13.1. The summed E-state index contributed by atoms with van der Waals surface area (Å²) in [5, 5.41) is 2.94. The highest BCUT2D eigenvalue weighted by Gasteiger charge is 2.32. The number of pyridine rings is 1. The van der Waals surface area contributed by atoms with E-state index in [1.165, 1.54) is 18.3 Å². The lowest BCUT2D eigenvalue weighted by Gasteiger charge is -2.22. The van der Waals surface area contributed by atoms with Gasteiger partial charge < -0.3 is 5.32 Å². The van der Waals surface area contributed by atoms with E-state index in [0.717, 1.165) is 11.3 Å². The van der Waals surface area contributed by atoms with Gasteiger partial charge in [-0.25, -0.2) is 4.98 Å². The lowest BCUT2D eigenvalue weighted by atomic mass is 9.96. The molecule has 1 aliphatic heterocycles. The highest BCUT2D eigenvalue weighted by atomic mass is 31.1. The molecule has 20 heavy (non-hydrogen) atoms. The highest BCUT2D eigenvalue weighted by Crippen LogP contribution is 2.53. The Bertz CT molecular complexity index is 485. The van der Waals surface area contributed by atoms with Gasteiger partial charge in [0, 0.05) is 5.41 Å². The number of rotatable bonds is 2. The van der Waals surface area contributed by atoms with Crippen molar-refractivity contribution in [2.45, 2.75) is 58.8 Å². The molecule has 1 amide bonds. The smallest absolute Gasteiger partial charge is 0.230 e. The standard InChI is InChI=1S/C16H25N2OP/c1-11-9-10-12(2)20(11)14-8-6-7-13(17-14)18-15(19)16(3,4)5/h6-8,11-12H,9-10H2,1-5H3,(H,17,18,19). The maximum Gasteiger partial charge on any atom is 0.230 e. The van der Waals surface area contributed by atoms with Crippen molar-refractivity contribution in [3.8, 4) is 0 Å². The molecule has 1 aliphatic rings. The molecule has 1 fully saturated rings. The second-order valence-corrected chi connectivity index (χ2v) is 9.80. The number of nitrogens with one attached hydrogen (secondary N) is 1. The molecule has 110 valence electrons. The molecule has 1 aromatic rings. The minimum atomic E-state index is -0.392. The van der Waals surface area contributed by atoms with Crippen LogP contribution in [0, 0.1) is 5.41 Å². The fourth-order valence-corrected chi connectivity index (χ4v) is 5.70. The third-order valence-corrected chi connectivity index (χ3v) is 7.07. The Morgan fingerprint density at radius 2 is 1.85 bits per heavy atom. The van der Waals surface area contributed by atoms with Crippen LogP contribution in [0.25, 0.3) is 0 Å². The third-order valence-electron chi connectivity index (χ3n) is 3.87. The van der Waals surface area contributed by atoms with Gasteiger partial charge in [-0.15, -0.1) is 0 Å². The van der Waals surface area contributed by atoms with Crippen molar-refractivity contribution in [2.24, 2.45) is 5.41 Å². The van der Waals surface area contributed by atoms with E-state index in [4.69, 9.17) is 4.98 Å². The van der Waals surface area contributed by atoms with Crippen LogP contribution in [-0.4, -0.2) is 22.2 Å². The van der Waals surface area contributed by atoms with E-state index in [1.807, 2.05) is 32.9 Å². The summed E-state index contributed by atoms with van der Waals surface area (Å²) in [5.41, 5.74) is 2.27. The number of nitrogens with zero attached hydrogens (tertiary/aromatic N) is 1. The highest BCUT2D eigenvalue weighted by molar-refractivity contribution is 7.67. The molecule has 0 radical (unpaired) electrons. The molecule has 4 heteroatoms. The Labute approximate surface area is 123 Å². The molecular weight excluding hydrogens is 267 g/mol. The van der Waals surface area contributed by atoms with Gasteiger partial charge in [-0.1, -0.05) is 40.7 Å². The minimum Gasteiger partial charge on any atom is -0.310 e. The second kappa shape index (κ2) is 5.81. The van der Waals surface area contributed by atoms with Crippen molar-refractivity contribution in [3.63, 3.8) is 0 Å². The van der Waals surface area contributed by atoms with Gasteiger partial charge in [0.25, 0.3) is 0 Å². The summed E-state index contributed by atoms with van der Waals surface area (Å²) in [4.78, 5) is 16.8. The van der Waals surface area contributed by atoms with Crippen LogP contribution in [0.15, 0.2) is 18.2 Å². The molecule has 1 aromatic heterocycles. The average Bonchev–Trinajstić information content (AvgIpc) is 2.68. The van der Waals surface area contributed by atoms with E-state index >= 15 is 0 Å². The van der Waals surface area contributed by atoms with Crippen molar-refractivity contribution in [2.75, 3.05) is 5.32 Å². The average molecular weight is 292 g/mol. The SMILES string of the molecule is CC1CCC(C)P1c1cccc(NC(=O)C(C)(C)C)n1. The summed E-state index contributed by atoms with van der Waals surface area (Å²) in [6.07, 6.45) is 2.60. The summed E-state index contributed by atoms with van der Waals surface area (Å²) in [5.74, 6) is 0.707. The Morgan fingerprint density at radius 1 is 1.25 bits per heavy atom.